The molecule has 2 aromatic rings. The van der Waals surface area contributed by atoms with Gasteiger partial charge in [0.25, 0.3) is 5.69 Å². The normalized spacial score (nSPS) is 10.8. The van der Waals surface area contributed by atoms with Crippen molar-refractivity contribution in [2.75, 3.05) is 0 Å². The van der Waals surface area contributed by atoms with Crippen molar-refractivity contribution in [3.63, 3.8) is 0 Å². The number of carbonyl (C=O) groups excluding carboxylic acids is 1. The summed E-state index contributed by atoms with van der Waals surface area (Å²) in [6, 6.07) is 4.16. The Bertz CT molecular complexity index is 722. The highest BCUT2D eigenvalue weighted by Crippen LogP contribution is 2.23. The van der Waals surface area contributed by atoms with Gasteiger partial charge in [-0.3, -0.25) is 10.1 Å². The summed E-state index contributed by atoms with van der Waals surface area (Å²) < 4.78 is 5.09. The van der Waals surface area contributed by atoms with Crippen LogP contribution in [0.15, 0.2) is 29.7 Å². The molecule has 0 saturated carbocycles. The average molecular weight is 304 g/mol. The lowest BCUT2D eigenvalue weighted by atomic mass is 10.2. The van der Waals surface area contributed by atoms with E-state index < -0.39 is 10.9 Å². The van der Waals surface area contributed by atoms with Crippen LogP contribution in [-0.2, 0) is 4.79 Å². The molecule has 0 saturated heterocycles. The van der Waals surface area contributed by atoms with Gasteiger partial charge in [-0.2, -0.15) is 0 Å². The maximum atomic E-state index is 11.7. The fourth-order valence-electron chi connectivity index (χ4n) is 1.66. The second kappa shape index (κ2) is 6.27. The second-order valence-electron chi connectivity index (χ2n) is 4.25. The van der Waals surface area contributed by atoms with Gasteiger partial charge in [0.05, 0.1) is 15.6 Å². The molecule has 1 aromatic heterocycles. The van der Waals surface area contributed by atoms with Gasteiger partial charge in [0.2, 0.25) is 0 Å². The summed E-state index contributed by atoms with van der Waals surface area (Å²) in [5, 5.41) is 13.4. The number of ether oxygens (including phenoxy) is 1. The second-order valence-corrected chi connectivity index (χ2v) is 5.31. The van der Waals surface area contributed by atoms with Crippen molar-refractivity contribution < 1.29 is 14.5 Å². The molecule has 0 aliphatic carbocycles. The first kappa shape index (κ1) is 14.9. The molecule has 6 nitrogen and oxygen atoms in total. The molecule has 1 aromatic carbocycles. The van der Waals surface area contributed by atoms with E-state index in [0.717, 1.165) is 5.01 Å². The van der Waals surface area contributed by atoms with Crippen LogP contribution in [0.5, 0.6) is 5.75 Å². The Morgan fingerprint density at radius 3 is 2.76 bits per heavy atom. The lowest BCUT2D eigenvalue weighted by Gasteiger charge is -2.02. The summed E-state index contributed by atoms with van der Waals surface area (Å²) in [6.45, 7) is 3.46. The van der Waals surface area contributed by atoms with Crippen molar-refractivity contribution >= 4 is 29.1 Å². The van der Waals surface area contributed by atoms with Crippen LogP contribution in [0.4, 0.5) is 5.69 Å². The van der Waals surface area contributed by atoms with Crippen LogP contribution in [0.25, 0.3) is 6.08 Å². The van der Waals surface area contributed by atoms with Crippen LogP contribution in [0, 0.1) is 24.0 Å². The maximum absolute atomic E-state index is 11.7. The third-order valence-corrected chi connectivity index (χ3v) is 3.40. The molecule has 7 heteroatoms. The highest BCUT2D eigenvalue weighted by Gasteiger charge is 2.11. The number of benzene rings is 1. The van der Waals surface area contributed by atoms with Crippen molar-refractivity contribution in [3.05, 3.63) is 56.0 Å². The summed E-state index contributed by atoms with van der Waals surface area (Å²) in [4.78, 5) is 26.1. The molecule has 0 bridgehead atoms. The van der Waals surface area contributed by atoms with E-state index >= 15 is 0 Å². The molecule has 0 N–H and O–H groups in total. The van der Waals surface area contributed by atoms with Gasteiger partial charge in [0, 0.05) is 23.1 Å². The van der Waals surface area contributed by atoms with Gasteiger partial charge in [0.1, 0.15) is 5.75 Å². The minimum absolute atomic E-state index is 0.0108. The standard InChI is InChI=1S/C14H12N2O4S/c1-9-7-12(4-5-13(9)16(18)19)20-14(17)6-3-11-8-21-10(2)15-11/h3-8H,1-2H3/b6-3+. The Morgan fingerprint density at radius 1 is 1.43 bits per heavy atom. The van der Waals surface area contributed by atoms with Gasteiger partial charge in [-0.1, -0.05) is 0 Å². The number of thiazole rings is 1. The lowest BCUT2D eigenvalue weighted by Crippen LogP contribution is -2.04. The molecule has 108 valence electrons. The largest absolute Gasteiger partial charge is 0.423 e. The van der Waals surface area contributed by atoms with E-state index in [1.165, 1.54) is 35.6 Å². The zero-order chi connectivity index (χ0) is 15.4. The van der Waals surface area contributed by atoms with Crippen molar-refractivity contribution in [3.8, 4) is 5.75 Å². The van der Waals surface area contributed by atoms with Gasteiger partial charge in [-0.15, -0.1) is 11.3 Å². The number of nitro benzene ring substituents is 1. The molecule has 0 fully saturated rings. The van der Waals surface area contributed by atoms with Crippen LogP contribution in [0.3, 0.4) is 0 Å². The summed E-state index contributed by atoms with van der Waals surface area (Å²) in [6.07, 6.45) is 2.83. The number of hydrogen-bond donors (Lipinski definition) is 0. The third kappa shape index (κ3) is 3.96. The first-order valence-corrected chi connectivity index (χ1v) is 6.91. The molecule has 0 atom stereocenters. The first-order valence-electron chi connectivity index (χ1n) is 6.03. The fourth-order valence-corrected chi connectivity index (χ4v) is 2.24. The molecule has 0 aliphatic rings. The number of aryl methyl sites for hydroxylation is 2. The molecule has 1 heterocycles. The van der Waals surface area contributed by atoms with Gasteiger partial charge in [-0.25, -0.2) is 9.78 Å². The van der Waals surface area contributed by atoms with Gasteiger partial charge >= 0.3 is 5.97 Å². The topological polar surface area (TPSA) is 82.3 Å². The van der Waals surface area contributed by atoms with Crippen LogP contribution in [-0.4, -0.2) is 15.9 Å². The maximum Gasteiger partial charge on any atom is 0.336 e. The highest BCUT2D eigenvalue weighted by molar-refractivity contribution is 7.09. The summed E-state index contributed by atoms with van der Waals surface area (Å²) in [5.74, 6) is -0.295. The van der Waals surface area contributed by atoms with Crippen LogP contribution >= 0.6 is 11.3 Å². The Kier molecular flexibility index (Phi) is 4.44. The van der Waals surface area contributed by atoms with E-state index in [9.17, 15) is 14.9 Å². The van der Waals surface area contributed by atoms with E-state index in [2.05, 4.69) is 4.98 Å². The van der Waals surface area contributed by atoms with Crippen molar-refractivity contribution in [1.82, 2.24) is 4.98 Å². The third-order valence-electron chi connectivity index (χ3n) is 2.61. The van der Waals surface area contributed by atoms with Crippen molar-refractivity contribution in [1.29, 1.82) is 0 Å². The number of aromatic nitrogens is 1. The molecule has 0 spiro atoms. The quantitative estimate of drug-likeness (QED) is 0.284. The molecule has 2 rings (SSSR count). The summed E-state index contributed by atoms with van der Waals surface area (Å²) in [5.41, 5.74) is 1.11. The molecule has 21 heavy (non-hydrogen) atoms. The Hall–Kier alpha value is -2.54. The minimum atomic E-state index is -0.561. The Morgan fingerprint density at radius 2 is 2.19 bits per heavy atom. The van der Waals surface area contributed by atoms with Crippen molar-refractivity contribution in [2.24, 2.45) is 0 Å². The number of esters is 1. The van der Waals surface area contributed by atoms with Gasteiger partial charge in [-0.05, 0) is 32.1 Å². The smallest absolute Gasteiger partial charge is 0.336 e. The molecule has 0 amide bonds. The molecule has 0 aliphatic heterocycles. The van der Waals surface area contributed by atoms with E-state index in [0.29, 0.717) is 11.3 Å². The van der Waals surface area contributed by atoms with E-state index in [1.807, 2.05) is 12.3 Å². The number of rotatable bonds is 4. The predicted molar refractivity (Wildman–Crippen MR) is 79.4 cm³/mol. The van der Waals surface area contributed by atoms with Crippen molar-refractivity contribution in [2.45, 2.75) is 13.8 Å². The number of carbonyl (C=O) groups is 1. The summed E-state index contributed by atoms with van der Waals surface area (Å²) in [7, 11) is 0. The molecular weight excluding hydrogens is 292 g/mol. The van der Waals surface area contributed by atoms with E-state index in [4.69, 9.17) is 4.74 Å². The zero-order valence-electron chi connectivity index (χ0n) is 11.4. The Balaban J connectivity index is 2.04. The molecule has 0 unspecified atom stereocenters. The SMILES string of the molecule is Cc1nc(/C=C/C(=O)Oc2ccc([N+](=O)[O-])c(C)c2)cs1. The van der Waals surface area contributed by atoms with Crippen LogP contribution < -0.4 is 4.74 Å². The van der Waals surface area contributed by atoms with E-state index in [1.54, 1.807) is 13.0 Å². The lowest BCUT2D eigenvalue weighted by molar-refractivity contribution is -0.385. The molecule has 0 radical (unpaired) electrons. The highest BCUT2D eigenvalue weighted by atomic mass is 32.1. The molecular formula is C14H12N2O4S. The van der Waals surface area contributed by atoms with Crippen LogP contribution in [0.1, 0.15) is 16.3 Å². The minimum Gasteiger partial charge on any atom is -0.423 e. The van der Waals surface area contributed by atoms with Gasteiger partial charge < -0.3 is 4.74 Å². The van der Waals surface area contributed by atoms with E-state index in [-0.39, 0.29) is 11.4 Å². The first-order chi connectivity index (χ1) is 9.95. The average Bonchev–Trinajstić information content (AvgIpc) is 2.82. The number of nitro groups is 1. The number of hydrogen-bond acceptors (Lipinski definition) is 6. The monoisotopic (exact) mass is 304 g/mol. The zero-order valence-corrected chi connectivity index (χ0v) is 12.2. The summed E-state index contributed by atoms with van der Waals surface area (Å²) >= 11 is 1.49. The van der Waals surface area contributed by atoms with Crippen LogP contribution in [0.2, 0.25) is 0 Å². The fraction of sp³-hybridized carbons (Fsp3) is 0.143. The Labute approximate surface area is 124 Å². The number of nitrogens with zero attached hydrogens (tertiary/aromatic N) is 2. The van der Waals surface area contributed by atoms with Gasteiger partial charge in [0.15, 0.2) is 0 Å². The predicted octanol–water partition coefficient (Wildman–Crippen LogP) is 3.29.